The molecular formula is C18H28N6O15P2. The fourth-order valence-electron chi connectivity index (χ4n) is 4.38. The quantitative estimate of drug-likeness (QED) is 0.0535. The summed E-state index contributed by atoms with van der Waals surface area (Å²) in [6.45, 7) is -0.347. The Hall–Kier alpha value is -2.48. The van der Waals surface area contributed by atoms with Crippen molar-refractivity contribution in [1.82, 2.24) is 14.9 Å². The minimum Gasteiger partial charge on any atom is -0.390 e. The Kier molecular flexibility index (Phi) is 10.7. The molecular weight excluding hydrogens is 602 g/mol. The highest BCUT2D eigenvalue weighted by atomic mass is 31.3. The summed E-state index contributed by atoms with van der Waals surface area (Å²) < 4.78 is 44.9. The zero-order valence-electron chi connectivity index (χ0n) is 21.0. The Morgan fingerprint density at radius 1 is 1.20 bits per heavy atom. The van der Waals surface area contributed by atoms with Gasteiger partial charge in [-0.25, -0.2) is 13.9 Å². The molecule has 0 spiro atoms. The van der Waals surface area contributed by atoms with Gasteiger partial charge in [-0.1, -0.05) is 5.11 Å². The molecule has 1 saturated carbocycles. The van der Waals surface area contributed by atoms with E-state index in [0.29, 0.717) is 0 Å². The predicted octanol–water partition coefficient (Wildman–Crippen LogP) is -2.67. The molecule has 2 aliphatic rings. The van der Waals surface area contributed by atoms with Crippen molar-refractivity contribution in [2.75, 3.05) is 13.2 Å². The first-order chi connectivity index (χ1) is 19.0. The van der Waals surface area contributed by atoms with Gasteiger partial charge in [-0.15, -0.1) is 0 Å². The fourth-order valence-corrected chi connectivity index (χ4v) is 6.66. The number of amides is 1. The van der Waals surface area contributed by atoms with Crippen LogP contribution in [0.5, 0.6) is 0 Å². The molecule has 2 fully saturated rings. The Bertz CT molecular complexity index is 1370. The molecule has 230 valence electrons. The van der Waals surface area contributed by atoms with E-state index in [1.54, 1.807) is 0 Å². The second-order valence-electron chi connectivity index (χ2n) is 9.14. The van der Waals surface area contributed by atoms with E-state index < -0.39 is 94.2 Å². The van der Waals surface area contributed by atoms with E-state index in [1.165, 1.54) is 0 Å². The summed E-state index contributed by atoms with van der Waals surface area (Å²) in [5.74, 6) is -1.74. The van der Waals surface area contributed by atoms with Gasteiger partial charge in [-0.3, -0.25) is 28.2 Å². The molecule has 23 heteroatoms. The molecule has 1 aromatic rings. The predicted molar refractivity (Wildman–Crippen MR) is 131 cm³/mol. The normalized spacial score (nSPS) is 34.7. The Morgan fingerprint density at radius 2 is 1.88 bits per heavy atom. The fraction of sp³-hybridized carbons (Fsp3) is 0.722. The molecule has 8 N–H and O–H groups in total. The number of aromatic amines is 1. The van der Waals surface area contributed by atoms with Gasteiger partial charge in [0.15, 0.2) is 6.23 Å². The first-order valence-corrected chi connectivity index (χ1v) is 14.7. The molecule has 11 atom stereocenters. The standard InChI is InChI=1S/C18H28N6O15P2/c1-7(25)21-12-9(4-8(5-20-23-19)13(27)15(12)29)38-41(34,35)39-40(32,33)36-6-10-14(28)16(30)17(37-10)24-3-2-11(26)22-18(24)31/h2-3,8-10,12-17,27-30H,4-6H2,1H3,(H,21,25)(H,32,33)(H,34,35)(H,22,26,31). The lowest BCUT2D eigenvalue weighted by molar-refractivity contribution is -0.130. The number of hydrogen-bond acceptors (Lipinski definition) is 14. The summed E-state index contributed by atoms with van der Waals surface area (Å²) in [5, 5.41) is 46.7. The molecule has 1 aliphatic heterocycles. The number of H-pyrrole nitrogens is 1. The smallest absolute Gasteiger partial charge is 0.390 e. The van der Waals surface area contributed by atoms with Gasteiger partial charge in [0.05, 0.1) is 24.9 Å². The molecule has 0 aromatic carbocycles. The number of hydrogen-bond donors (Lipinski definition) is 8. The topological polar surface area (TPSA) is 325 Å². The average Bonchev–Trinajstić information content (AvgIpc) is 3.14. The number of aliphatic hydroxyl groups is 4. The van der Waals surface area contributed by atoms with Crippen LogP contribution in [-0.2, 0) is 32.0 Å². The Morgan fingerprint density at radius 3 is 2.49 bits per heavy atom. The van der Waals surface area contributed by atoms with E-state index in [-0.39, 0.29) is 13.0 Å². The lowest BCUT2D eigenvalue weighted by atomic mass is 9.79. The van der Waals surface area contributed by atoms with Gasteiger partial charge in [0.25, 0.3) is 5.56 Å². The van der Waals surface area contributed by atoms with E-state index in [2.05, 4.69) is 24.2 Å². The lowest BCUT2D eigenvalue weighted by Crippen LogP contribution is -2.61. The Labute approximate surface area is 229 Å². The highest BCUT2D eigenvalue weighted by Crippen LogP contribution is 2.61. The molecule has 11 unspecified atom stereocenters. The maximum atomic E-state index is 12.6. The van der Waals surface area contributed by atoms with Crippen molar-refractivity contribution in [2.45, 2.75) is 62.2 Å². The van der Waals surface area contributed by atoms with Crippen molar-refractivity contribution >= 4 is 21.6 Å². The minimum absolute atomic E-state index is 0.374. The molecule has 1 aliphatic carbocycles. The number of carbonyl (C=O) groups is 1. The monoisotopic (exact) mass is 630 g/mol. The van der Waals surface area contributed by atoms with E-state index in [9.17, 15) is 53.7 Å². The second kappa shape index (κ2) is 13.2. The van der Waals surface area contributed by atoms with Crippen LogP contribution in [0.3, 0.4) is 0 Å². The Balaban J connectivity index is 1.68. The van der Waals surface area contributed by atoms with Crippen LogP contribution >= 0.6 is 15.6 Å². The third kappa shape index (κ3) is 8.30. The van der Waals surface area contributed by atoms with E-state index in [4.69, 9.17) is 14.8 Å². The van der Waals surface area contributed by atoms with E-state index in [0.717, 1.165) is 23.8 Å². The third-order valence-corrected chi connectivity index (χ3v) is 8.89. The maximum absolute atomic E-state index is 12.6. The number of carbonyl (C=O) groups excluding carboxylic acids is 1. The third-order valence-electron chi connectivity index (χ3n) is 6.23. The van der Waals surface area contributed by atoms with Crippen molar-refractivity contribution in [2.24, 2.45) is 11.0 Å². The van der Waals surface area contributed by atoms with Gasteiger partial charge >= 0.3 is 21.3 Å². The molecule has 0 radical (unpaired) electrons. The molecule has 1 aromatic heterocycles. The van der Waals surface area contributed by atoms with Crippen LogP contribution in [0.1, 0.15) is 19.6 Å². The number of aromatic nitrogens is 2. The van der Waals surface area contributed by atoms with Gasteiger partial charge in [0.1, 0.15) is 24.4 Å². The SMILES string of the molecule is CC(=O)NC1C(OP(=O)(O)OP(=O)(O)OCC2OC(n3ccc(=O)[nH]c3=O)C(O)C2O)CC(CN=[N+]=[N-])C(O)C1O. The number of aliphatic hydroxyl groups excluding tert-OH is 4. The number of phosphoric ester groups is 2. The highest BCUT2D eigenvalue weighted by Gasteiger charge is 2.49. The molecule has 3 rings (SSSR count). The van der Waals surface area contributed by atoms with Crippen molar-refractivity contribution in [3.8, 4) is 0 Å². The van der Waals surface area contributed by atoms with Gasteiger partial charge in [0.2, 0.25) is 5.91 Å². The van der Waals surface area contributed by atoms with Crippen molar-refractivity contribution in [3.05, 3.63) is 43.5 Å². The number of ether oxygens (including phenoxy) is 1. The zero-order chi connectivity index (χ0) is 30.7. The highest BCUT2D eigenvalue weighted by molar-refractivity contribution is 7.61. The van der Waals surface area contributed by atoms with Crippen LogP contribution < -0.4 is 16.6 Å². The number of nitrogens with zero attached hydrogens (tertiary/aromatic N) is 4. The summed E-state index contributed by atoms with van der Waals surface area (Å²) in [4.78, 5) is 59.4. The minimum atomic E-state index is -5.54. The zero-order valence-corrected chi connectivity index (χ0v) is 22.8. The second-order valence-corrected chi connectivity index (χ2v) is 12.1. The first-order valence-electron chi connectivity index (χ1n) is 11.7. The first kappa shape index (κ1) is 33.0. The number of phosphoric acid groups is 2. The molecule has 1 saturated heterocycles. The lowest BCUT2D eigenvalue weighted by Gasteiger charge is -2.42. The maximum Gasteiger partial charge on any atom is 0.481 e. The molecule has 2 heterocycles. The molecule has 41 heavy (non-hydrogen) atoms. The van der Waals surface area contributed by atoms with Crippen LogP contribution in [0, 0.1) is 5.92 Å². The molecule has 1 amide bonds. The van der Waals surface area contributed by atoms with Crippen molar-refractivity contribution in [1.29, 1.82) is 0 Å². The van der Waals surface area contributed by atoms with Gasteiger partial charge in [-0.05, 0) is 17.9 Å². The van der Waals surface area contributed by atoms with Gasteiger partial charge in [-0.2, -0.15) is 4.31 Å². The summed E-state index contributed by atoms with van der Waals surface area (Å²) in [7, 11) is -11.0. The van der Waals surface area contributed by atoms with E-state index in [1.807, 2.05) is 4.98 Å². The number of azide groups is 1. The van der Waals surface area contributed by atoms with Crippen LogP contribution in [0.4, 0.5) is 0 Å². The largest absolute Gasteiger partial charge is 0.481 e. The van der Waals surface area contributed by atoms with Gasteiger partial charge < -0.3 is 40.3 Å². The van der Waals surface area contributed by atoms with Crippen molar-refractivity contribution in [3.63, 3.8) is 0 Å². The summed E-state index contributed by atoms with van der Waals surface area (Å²) in [6.07, 6.45) is -11.0. The van der Waals surface area contributed by atoms with Crippen LogP contribution in [0.25, 0.3) is 10.4 Å². The van der Waals surface area contributed by atoms with Crippen LogP contribution in [0.15, 0.2) is 27.0 Å². The summed E-state index contributed by atoms with van der Waals surface area (Å²) in [5.41, 5.74) is 6.79. The summed E-state index contributed by atoms with van der Waals surface area (Å²) in [6, 6.07) is -0.561. The van der Waals surface area contributed by atoms with E-state index >= 15 is 0 Å². The summed E-state index contributed by atoms with van der Waals surface area (Å²) >= 11 is 0. The number of rotatable bonds is 11. The van der Waals surface area contributed by atoms with Crippen LogP contribution in [-0.4, -0.2) is 101 Å². The average molecular weight is 630 g/mol. The molecule has 21 nitrogen and oxygen atoms in total. The van der Waals surface area contributed by atoms with Crippen molar-refractivity contribution < 1.29 is 62.2 Å². The number of nitrogens with one attached hydrogen (secondary N) is 2. The van der Waals surface area contributed by atoms with Gasteiger partial charge in [0, 0.05) is 30.6 Å². The van der Waals surface area contributed by atoms with Crippen LogP contribution in [0.2, 0.25) is 0 Å². The molecule has 0 bridgehead atoms.